The molecule has 0 atom stereocenters. The number of halogens is 2. The first kappa shape index (κ1) is 12.6. The molecule has 0 saturated heterocycles. The number of rotatable bonds is 5. The van der Waals surface area contributed by atoms with Gasteiger partial charge in [0.1, 0.15) is 5.75 Å². The van der Waals surface area contributed by atoms with Crippen LogP contribution in [0.25, 0.3) is 0 Å². The van der Waals surface area contributed by atoms with E-state index in [0.717, 1.165) is 0 Å². The van der Waals surface area contributed by atoms with Crippen molar-refractivity contribution in [3.63, 3.8) is 0 Å². The normalized spacial score (nSPS) is 14.4. The number of ether oxygens (including phenoxy) is 1. The van der Waals surface area contributed by atoms with E-state index in [4.69, 9.17) is 0 Å². The van der Waals surface area contributed by atoms with Gasteiger partial charge < -0.3 is 15.4 Å². The molecule has 1 aromatic rings. The van der Waals surface area contributed by atoms with E-state index in [9.17, 15) is 13.6 Å². The van der Waals surface area contributed by atoms with Crippen molar-refractivity contribution in [2.45, 2.75) is 19.5 Å². The van der Waals surface area contributed by atoms with Gasteiger partial charge in [-0.3, -0.25) is 0 Å². The molecule has 0 heterocycles. The molecule has 0 unspecified atom stereocenters. The maximum atomic E-state index is 11.9. The number of hydrogen-bond acceptors (Lipinski definition) is 2. The first-order valence-electron chi connectivity index (χ1n) is 5.73. The second kappa shape index (κ2) is 5.66. The first-order valence-corrected chi connectivity index (χ1v) is 5.73. The predicted molar refractivity (Wildman–Crippen MR) is 62.8 cm³/mol. The lowest BCUT2D eigenvalue weighted by Gasteiger charge is -2.08. The van der Waals surface area contributed by atoms with Crippen molar-refractivity contribution in [3.05, 3.63) is 24.3 Å². The quantitative estimate of drug-likeness (QED) is 0.851. The van der Waals surface area contributed by atoms with Crippen LogP contribution < -0.4 is 15.4 Å². The number of alkyl halides is 2. The Hall–Kier alpha value is -1.85. The second-order valence-electron chi connectivity index (χ2n) is 4.18. The zero-order chi connectivity index (χ0) is 13.0. The Bertz CT molecular complexity index is 405. The summed E-state index contributed by atoms with van der Waals surface area (Å²) in [5.41, 5.74) is 0.532. The Morgan fingerprint density at radius 1 is 1.33 bits per heavy atom. The van der Waals surface area contributed by atoms with Crippen LogP contribution in [0.5, 0.6) is 5.75 Å². The Morgan fingerprint density at radius 2 is 2.00 bits per heavy atom. The summed E-state index contributed by atoms with van der Waals surface area (Å²) in [5.74, 6) is 0.673. The molecule has 0 aromatic heterocycles. The molecule has 2 amide bonds. The summed E-state index contributed by atoms with van der Waals surface area (Å²) in [5, 5.41) is 5.35. The Labute approximate surface area is 103 Å². The molecule has 18 heavy (non-hydrogen) atoms. The minimum atomic E-state index is -2.84. The third kappa shape index (κ3) is 4.20. The van der Waals surface area contributed by atoms with Gasteiger partial charge in [-0.05, 0) is 43.0 Å². The number of nitrogens with one attached hydrogen (secondary N) is 2. The molecule has 98 valence electrons. The second-order valence-corrected chi connectivity index (χ2v) is 4.18. The molecule has 2 rings (SSSR count). The first-order chi connectivity index (χ1) is 8.63. The van der Waals surface area contributed by atoms with Gasteiger partial charge in [-0.15, -0.1) is 0 Å². The molecular weight excluding hydrogens is 242 g/mol. The molecule has 4 nitrogen and oxygen atoms in total. The van der Waals surface area contributed by atoms with E-state index in [-0.39, 0.29) is 11.8 Å². The lowest BCUT2D eigenvalue weighted by Crippen LogP contribution is -2.30. The highest BCUT2D eigenvalue weighted by atomic mass is 19.3. The third-order valence-corrected chi connectivity index (χ3v) is 2.59. The highest BCUT2D eigenvalue weighted by Crippen LogP contribution is 2.27. The van der Waals surface area contributed by atoms with Crippen molar-refractivity contribution in [2.24, 2.45) is 5.92 Å². The van der Waals surface area contributed by atoms with E-state index >= 15 is 0 Å². The van der Waals surface area contributed by atoms with Crippen LogP contribution in [0.2, 0.25) is 0 Å². The van der Waals surface area contributed by atoms with Crippen molar-refractivity contribution >= 4 is 11.7 Å². The number of urea groups is 1. The zero-order valence-corrected chi connectivity index (χ0v) is 9.66. The van der Waals surface area contributed by atoms with E-state index in [0.29, 0.717) is 18.2 Å². The molecule has 1 fully saturated rings. The van der Waals surface area contributed by atoms with Crippen molar-refractivity contribution in [3.8, 4) is 5.75 Å². The summed E-state index contributed by atoms with van der Waals surface area (Å²) in [7, 11) is 0. The van der Waals surface area contributed by atoms with Crippen LogP contribution in [-0.4, -0.2) is 19.2 Å². The number of carbonyl (C=O) groups is 1. The van der Waals surface area contributed by atoms with E-state index < -0.39 is 6.61 Å². The molecule has 0 aliphatic heterocycles. The number of hydrogen-bond donors (Lipinski definition) is 2. The standard InChI is InChI=1S/C12H14F2N2O2/c13-11(14)18-10-5-3-9(4-6-10)16-12(17)15-7-8-1-2-8/h3-6,8,11H,1-2,7H2,(H2,15,16,17). The maximum Gasteiger partial charge on any atom is 0.387 e. The largest absolute Gasteiger partial charge is 0.435 e. The lowest BCUT2D eigenvalue weighted by atomic mass is 10.3. The predicted octanol–water partition coefficient (Wildman–Crippen LogP) is 2.82. The van der Waals surface area contributed by atoms with E-state index in [1.54, 1.807) is 0 Å². The summed E-state index contributed by atoms with van der Waals surface area (Å²) in [6.45, 7) is -2.16. The van der Waals surface area contributed by atoms with Gasteiger partial charge in [-0.25, -0.2) is 4.79 Å². The molecular formula is C12H14F2N2O2. The van der Waals surface area contributed by atoms with E-state index in [1.165, 1.54) is 37.1 Å². The molecule has 2 N–H and O–H groups in total. The molecule has 1 aliphatic rings. The maximum absolute atomic E-state index is 11.9. The van der Waals surface area contributed by atoms with Gasteiger partial charge in [0.25, 0.3) is 0 Å². The molecule has 0 radical (unpaired) electrons. The van der Waals surface area contributed by atoms with Gasteiger partial charge in [0, 0.05) is 12.2 Å². The van der Waals surface area contributed by atoms with Crippen molar-refractivity contribution < 1.29 is 18.3 Å². The minimum absolute atomic E-state index is 0.0638. The van der Waals surface area contributed by atoms with Gasteiger partial charge >= 0.3 is 12.6 Å². The van der Waals surface area contributed by atoms with Gasteiger partial charge in [0.05, 0.1) is 0 Å². The van der Waals surface area contributed by atoms with E-state index in [1.807, 2.05) is 0 Å². The monoisotopic (exact) mass is 256 g/mol. The van der Waals surface area contributed by atoms with Crippen molar-refractivity contribution in [2.75, 3.05) is 11.9 Å². The Balaban J connectivity index is 1.79. The number of amides is 2. The summed E-state index contributed by atoms with van der Waals surface area (Å²) in [6, 6.07) is 5.48. The van der Waals surface area contributed by atoms with Crippen LogP contribution in [0.1, 0.15) is 12.8 Å². The Kier molecular flexibility index (Phi) is 3.96. The third-order valence-electron chi connectivity index (χ3n) is 2.59. The number of anilines is 1. The van der Waals surface area contributed by atoms with Crippen LogP contribution in [-0.2, 0) is 0 Å². The summed E-state index contributed by atoms with van der Waals surface area (Å²) in [6.07, 6.45) is 2.33. The van der Waals surface area contributed by atoms with Crippen molar-refractivity contribution in [1.82, 2.24) is 5.32 Å². The van der Waals surface area contributed by atoms with Crippen LogP contribution in [0.4, 0.5) is 19.3 Å². The van der Waals surface area contributed by atoms with Gasteiger partial charge in [0.15, 0.2) is 0 Å². The molecule has 1 aliphatic carbocycles. The smallest absolute Gasteiger partial charge is 0.387 e. The summed E-state index contributed by atoms with van der Waals surface area (Å²) < 4.78 is 28.0. The molecule has 1 saturated carbocycles. The zero-order valence-electron chi connectivity index (χ0n) is 9.66. The molecule has 6 heteroatoms. The lowest BCUT2D eigenvalue weighted by molar-refractivity contribution is -0.0498. The highest BCUT2D eigenvalue weighted by molar-refractivity contribution is 5.89. The highest BCUT2D eigenvalue weighted by Gasteiger charge is 2.21. The molecule has 0 spiro atoms. The fraction of sp³-hybridized carbons (Fsp3) is 0.417. The molecule has 0 bridgehead atoms. The fourth-order valence-electron chi connectivity index (χ4n) is 1.45. The minimum Gasteiger partial charge on any atom is -0.435 e. The average molecular weight is 256 g/mol. The van der Waals surface area contributed by atoms with Crippen molar-refractivity contribution in [1.29, 1.82) is 0 Å². The average Bonchev–Trinajstić information content (AvgIpc) is 3.12. The molecule has 1 aromatic carbocycles. The number of benzene rings is 1. The summed E-state index contributed by atoms with van der Waals surface area (Å²) in [4.78, 5) is 11.4. The van der Waals surface area contributed by atoms with Gasteiger partial charge in [0.2, 0.25) is 0 Å². The fourth-order valence-corrected chi connectivity index (χ4v) is 1.45. The topological polar surface area (TPSA) is 50.4 Å². The van der Waals surface area contributed by atoms with Crippen LogP contribution in [0.15, 0.2) is 24.3 Å². The van der Waals surface area contributed by atoms with Crippen LogP contribution in [0.3, 0.4) is 0 Å². The van der Waals surface area contributed by atoms with Crippen LogP contribution in [0, 0.1) is 5.92 Å². The SMILES string of the molecule is O=C(NCC1CC1)Nc1ccc(OC(F)F)cc1. The van der Waals surface area contributed by atoms with Gasteiger partial charge in [-0.1, -0.05) is 0 Å². The van der Waals surface area contributed by atoms with Crippen LogP contribution >= 0.6 is 0 Å². The Morgan fingerprint density at radius 3 is 2.56 bits per heavy atom. The number of carbonyl (C=O) groups excluding carboxylic acids is 1. The summed E-state index contributed by atoms with van der Waals surface area (Å²) >= 11 is 0. The van der Waals surface area contributed by atoms with Gasteiger partial charge in [-0.2, -0.15) is 8.78 Å². The van der Waals surface area contributed by atoms with E-state index in [2.05, 4.69) is 15.4 Å².